The Bertz CT molecular complexity index is 676. The molecule has 1 heterocycles. The number of hydrogen-bond donors (Lipinski definition) is 1. The Morgan fingerprint density at radius 1 is 1.04 bits per heavy atom. The molecule has 1 unspecified atom stereocenters. The van der Waals surface area contributed by atoms with Crippen molar-refractivity contribution in [1.82, 2.24) is 10.2 Å². The molecule has 0 bridgehead atoms. The predicted molar refractivity (Wildman–Crippen MR) is 109 cm³/mol. The van der Waals surface area contributed by atoms with E-state index in [0.717, 1.165) is 6.54 Å². The molecule has 2 aromatic rings. The van der Waals surface area contributed by atoms with Crippen LogP contribution in [0, 0.1) is 5.41 Å². The number of benzene rings is 2. The molecule has 0 saturated carbocycles. The topological polar surface area (TPSA) is 41.6 Å². The van der Waals surface area contributed by atoms with Gasteiger partial charge in [-0.3, -0.25) is 0 Å². The first-order valence-corrected chi connectivity index (χ1v) is 10.9. The van der Waals surface area contributed by atoms with Gasteiger partial charge in [0.1, 0.15) is 0 Å². The van der Waals surface area contributed by atoms with Crippen LogP contribution in [0.4, 0.5) is 4.79 Å². The average molecular weight is 369 g/mol. The fourth-order valence-corrected chi connectivity index (χ4v) is 5.84. The van der Waals surface area contributed by atoms with E-state index in [9.17, 15) is 4.79 Å². The number of carbonyl (C=O) groups is 1. The maximum Gasteiger partial charge on any atom is 0.317 e. The third-order valence-electron chi connectivity index (χ3n) is 4.80. The number of nitrogens with zero attached hydrogens (tertiary/aromatic N) is 1. The van der Waals surface area contributed by atoms with Gasteiger partial charge in [-0.25, -0.2) is 4.79 Å². The zero-order valence-electron chi connectivity index (χ0n) is 15.8. The highest BCUT2D eigenvalue weighted by atomic mass is 28.3. The van der Waals surface area contributed by atoms with Crippen molar-refractivity contribution in [3.63, 3.8) is 0 Å². The molecule has 0 radical (unpaired) electrons. The zero-order chi connectivity index (χ0) is 18.6. The van der Waals surface area contributed by atoms with Crippen LogP contribution in [0.2, 0.25) is 0 Å². The highest BCUT2D eigenvalue weighted by Crippen LogP contribution is 2.24. The van der Waals surface area contributed by atoms with Crippen molar-refractivity contribution >= 4 is 25.4 Å². The summed E-state index contributed by atoms with van der Waals surface area (Å²) in [6.07, 6.45) is -0.0246. The van der Waals surface area contributed by atoms with E-state index in [1.807, 2.05) is 17.0 Å². The Labute approximate surface area is 157 Å². The second-order valence-electron chi connectivity index (χ2n) is 7.87. The lowest BCUT2D eigenvalue weighted by Crippen LogP contribution is -2.52. The van der Waals surface area contributed by atoms with Gasteiger partial charge in [0.05, 0.1) is 6.10 Å². The quantitative estimate of drug-likeness (QED) is 0.792. The second-order valence-corrected chi connectivity index (χ2v) is 10.2. The van der Waals surface area contributed by atoms with Gasteiger partial charge < -0.3 is 14.6 Å². The molecule has 4 nitrogen and oxygen atoms in total. The van der Waals surface area contributed by atoms with E-state index in [2.05, 4.69) is 74.6 Å². The molecule has 1 N–H and O–H groups in total. The molecule has 1 atom stereocenters. The number of nitrogens with one attached hydrogen (secondary N) is 1. The van der Waals surface area contributed by atoms with Crippen molar-refractivity contribution in [3.05, 3.63) is 60.7 Å². The van der Waals surface area contributed by atoms with Gasteiger partial charge in [-0.2, -0.15) is 0 Å². The van der Waals surface area contributed by atoms with Gasteiger partial charge in [0.2, 0.25) is 9.04 Å². The Kier molecular flexibility index (Phi) is 5.79. The van der Waals surface area contributed by atoms with E-state index in [4.69, 9.17) is 4.43 Å². The third kappa shape index (κ3) is 4.53. The Balaban J connectivity index is 1.88. The van der Waals surface area contributed by atoms with E-state index in [1.54, 1.807) is 0 Å². The van der Waals surface area contributed by atoms with Crippen molar-refractivity contribution in [2.24, 2.45) is 5.41 Å². The van der Waals surface area contributed by atoms with Crippen molar-refractivity contribution in [2.75, 3.05) is 19.6 Å². The number of rotatable bonds is 6. The molecule has 0 spiro atoms. The van der Waals surface area contributed by atoms with Gasteiger partial charge in [0.25, 0.3) is 0 Å². The molecule has 1 fully saturated rings. The monoisotopic (exact) mass is 368 g/mol. The maximum absolute atomic E-state index is 12.0. The minimum Gasteiger partial charge on any atom is -0.406 e. The normalized spacial score (nSPS) is 16.0. The van der Waals surface area contributed by atoms with Crippen molar-refractivity contribution in [2.45, 2.75) is 26.9 Å². The van der Waals surface area contributed by atoms with E-state index >= 15 is 0 Å². The van der Waals surface area contributed by atoms with Crippen LogP contribution in [0.5, 0.6) is 0 Å². The maximum atomic E-state index is 12.0. The van der Waals surface area contributed by atoms with Crippen molar-refractivity contribution in [1.29, 1.82) is 0 Å². The van der Waals surface area contributed by atoms with Gasteiger partial charge in [0.15, 0.2) is 0 Å². The molecule has 3 rings (SSSR count). The standard InChI is InChI=1S/C21H28N2O2Si/c1-21(2,3)19(16-23-15-14-22-20(23)24)25-26(17-10-6-4-7-11-17)18-12-8-5-9-13-18/h4-13,19,26H,14-16H2,1-3H3,(H,22,24). The number of hydrogen-bond acceptors (Lipinski definition) is 2. The lowest BCUT2D eigenvalue weighted by molar-refractivity contribution is 0.0646. The minimum absolute atomic E-state index is 0.0143. The Morgan fingerprint density at radius 2 is 1.58 bits per heavy atom. The summed E-state index contributed by atoms with van der Waals surface area (Å²) in [4.78, 5) is 13.9. The summed E-state index contributed by atoms with van der Waals surface area (Å²) in [5.74, 6) is 0. The molecule has 0 aromatic heterocycles. The lowest BCUT2D eigenvalue weighted by Gasteiger charge is -2.36. The van der Waals surface area contributed by atoms with Crippen LogP contribution in [0.3, 0.4) is 0 Å². The van der Waals surface area contributed by atoms with Gasteiger partial charge in [-0.1, -0.05) is 81.4 Å². The second kappa shape index (κ2) is 8.06. The summed E-state index contributed by atoms with van der Waals surface area (Å²) in [5, 5.41) is 5.41. The van der Waals surface area contributed by atoms with Crippen LogP contribution in [-0.4, -0.2) is 45.7 Å². The molecule has 2 amide bonds. The molecule has 0 aliphatic carbocycles. The molecule has 138 valence electrons. The highest BCUT2D eigenvalue weighted by Gasteiger charge is 2.34. The first-order valence-electron chi connectivity index (χ1n) is 9.23. The van der Waals surface area contributed by atoms with E-state index < -0.39 is 9.04 Å². The molecule has 5 heteroatoms. The smallest absolute Gasteiger partial charge is 0.317 e. The molecular weight excluding hydrogens is 340 g/mol. The number of urea groups is 1. The van der Waals surface area contributed by atoms with Crippen LogP contribution >= 0.6 is 0 Å². The van der Waals surface area contributed by atoms with Gasteiger partial charge in [0, 0.05) is 19.6 Å². The molecule has 26 heavy (non-hydrogen) atoms. The van der Waals surface area contributed by atoms with Crippen molar-refractivity contribution in [3.8, 4) is 0 Å². The zero-order valence-corrected chi connectivity index (χ0v) is 17.0. The van der Waals surface area contributed by atoms with Crippen LogP contribution in [0.1, 0.15) is 20.8 Å². The van der Waals surface area contributed by atoms with E-state index in [1.165, 1.54) is 10.4 Å². The molecule has 2 aromatic carbocycles. The lowest BCUT2D eigenvalue weighted by atomic mass is 9.89. The Hall–Kier alpha value is -2.11. The SMILES string of the molecule is CC(C)(C)C(CN1CCNC1=O)O[SiH](c1ccccc1)c1ccccc1. The molecular formula is C21H28N2O2Si. The molecule has 1 aliphatic rings. The summed E-state index contributed by atoms with van der Waals surface area (Å²) in [5.41, 5.74) is -0.0579. The van der Waals surface area contributed by atoms with Gasteiger partial charge in [-0.05, 0) is 15.8 Å². The fraction of sp³-hybridized carbons (Fsp3) is 0.381. The highest BCUT2D eigenvalue weighted by molar-refractivity contribution is 6.80. The summed E-state index contributed by atoms with van der Waals surface area (Å²) in [6, 6.07) is 21.0. The minimum atomic E-state index is -1.85. The van der Waals surface area contributed by atoms with Crippen LogP contribution in [-0.2, 0) is 4.43 Å². The first-order chi connectivity index (χ1) is 12.4. The number of carbonyl (C=O) groups excluding carboxylic acids is 1. The summed E-state index contributed by atoms with van der Waals surface area (Å²) >= 11 is 0. The Morgan fingerprint density at radius 3 is 2.00 bits per heavy atom. The predicted octanol–water partition coefficient (Wildman–Crippen LogP) is 1.98. The van der Waals surface area contributed by atoms with Gasteiger partial charge in [-0.15, -0.1) is 0 Å². The number of amides is 2. The first kappa shape index (κ1) is 18.7. The summed E-state index contributed by atoms with van der Waals surface area (Å²) in [6.45, 7) is 8.65. The summed E-state index contributed by atoms with van der Waals surface area (Å²) in [7, 11) is -1.85. The van der Waals surface area contributed by atoms with Crippen molar-refractivity contribution < 1.29 is 9.22 Å². The average Bonchev–Trinajstić information content (AvgIpc) is 3.04. The molecule has 1 aliphatic heterocycles. The van der Waals surface area contributed by atoms with Crippen LogP contribution in [0.15, 0.2) is 60.7 Å². The summed E-state index contributed by atoms with van der Waals surface area (Å²) < 4.78 is 6.81. The van der Waals surface area contributed by atoms with Crippen LogP contribution in [0.25, 0.3) is 0 Å². The molecule has 1 saturated heterocycles. The van der Waals surface area contributed by atoms with E-state index in [-0.39, 0.29) is 17.6 Å². The van der Waals surface area contributed by atoms with Gasteiger partial charge >= 0.3 is 6.03 Å². The third-order valence-corrected chi connectivity index (χ3v) is 7.38. The van der Waals surface area contributed by atoms with E-state index in [0.29, 0.717) is 13.1 Å². The van der Waals surface area contributed by atoms with Crippen LogP contribution < -0.4 is 15.7 Å². The largest absolute Gasteiger partial charge is 0.406 e. The fourth-order valence-electron chi connectivity index (χ4n) is 3.18.